The number of ether oxygens (including phenoxy) is 1. The van der Waals surface area contributed by atoms with Crippen LogP contribution in [0.2, 0.25) is 0 Å². The van der Waals surface area contributed by atoms with Crippen molar-refractivity contribution in [1.82, 2.24) is 4.98 Å². The second kappa shape index (κ2) is 7.00. The molecular formula is C17H18N2O4S. The molecule has 1 aliphatic rings. The van der Waals surface area contributed by atoms with Crippen LogP contribution in [-0.4, -0.2) is 28.6 Å². The van der Waals surface area contributed by atoms with E-state index in [0.717, 1.165) is 10.6 Å². The van der Waals surface area contributed by atoms with Crippen LogP contribution in [0.5, 0.6) is 5.75 Å². The Morgan fingerprint density at radius 2 is 2.21 bits per heavy atom. The third-order valence-electron chi connectivity index (χ3n) is 3.93. The first-order chi connectivity index (χ1) is 11.6. The molecule has 0 radical (unpaired) electrons. The second-order valence-electron chi connectivity index (χ2n) is 5.55. The molecule has 1 aromatic carbocycles. The number of nitrogens with zero attached hydrogens (tertiary/aromatic N) is 1. The van der Waals surface area contributed by atoms with Gasteiger partial charge in [0, 0.05) is 4.88 Å². The molecule has 0 fully saturated rings. The fourth-order valence-corrected chi connectivity index (χ4v) is 3.80. The summed E-state index contributed by atoms with van der Waals surface area (Å²) in [6, 6.07) is 6.36. The van der Waals surface area contributed by atoms with Crippen molar-refractivity contribution >= 4 is 28.3 Å². The first-order valence-corrected chi connectivity index (χ1v) is 8.64. The van der Waals surface area contributed by atoms with Crippen LogP contribution in [0.4, 0.5) is 5.13 Å². The monoisotopic (exact) mass is 346 g/mol. The van der Waals surface area contributed by atoms with Gasteiger partial charge in [-0.2, -0.15) is 0 Å². The number of aromatic nitrogens is 1. The zero-order valence-electron chi connectivity index (χ0n) is 13.2. The summed E-state index contributed by atoms with van der Waals surface area (Å²) in [5, 5.41) is 12.9. The lowest BCUT2D eigenvalue weighted by molar-refractivity contribution is -0.148. The van der Waals surface area contributed by atoms with Crippen LogP contribution < -0.4 is 5.32 Å². The van der Waals surface area contributed by atoms with Gasteiger partial charge in [0.15, 0.2) is 5.13 Å². The molecule has 1 heterocycles. The molecule has 2 aromatic rings. The van der Waals surface area contributed by atoms with E-state index in [-0.39, 0.29) is 23.2 Å². The van der Waals surface area contributed by atoms with Gasteiger partial charge in [0.25, 0.3) is 5.91 Å². The molecule has 126 valence electrons. The zero-order valence-corrected chi connectivity index (χ0v) is 14.1. The molecule has 6 nitrogen and oxygen atoms in total. The van der Waals surface area contributed by atoms with Crippen molar-refractivity contribution in [2.24, 2.45) is 5.92 Å². The average molecular weight is 346 g/mol. The fraction of sp³-hybridized carbons (Fsp3) is 0.353. The van der Waals surface area contributed by atoms with Crippen molar-refractivity contribution in [2.75, 3.05) is 11.9 Å². The molecule has 24 heavy (non-hydrogen) atoms. The van der Waals surface area contributed by atoms with Crippen LogP contribution >= 0.6 is 11.3 Å². The van der Waals surface area contributed by atoms with Crippen molar-refractivity contribution < 1.29 is 19.4 Å². The third-order valence-corrected chi connectivity index (χ3v) is 4.96. The van der Waals surface area contributed by atoms with Gasteiger partial charge in [-0.25, -0.2) is 4.98 Å². The van der Waals surface area contributed by atoms with Crippen LogP contribution in [0.1, 0.15) is 34.3 Å². The minimum Gasteiger partial charge on any atom is -0.507 e. The van der Waals surface area contributed by atoms with Crippen molar-refractivity contribution in [1.29, 1.82) is 0 Å². The summed E-state index contributed by atoms with van der Waals surface area (Å²) in [6.07, 6.45) is 2.00. The number of phenolic OH excluding ortho intramolecular Hbond substituents is 1. The highest BCUT2D eigenvalue weighted by molar-refractivity contribution is 7.15. The summed E-state index contributed by atoms with van der Waals surface area (Å²) >= 11 is 1.37. The summed E-state index contributed by atoms with van der Waals surface area (Å²) < 4.78 is 5.09. The number of carbonyl (C=O) groups is 2. The highest BCUT2D eigenvalue weighted by Gasteiger charge is 2.28. The maximum Gasteiger partial charge on any atom is 0.309 e. The minimum atomic E-state index is -0.402. The van der Waals surface area contributed by atoms with Gasteiger partial charge in [-0.3, -0.25) is 14.9 Å². The predicted molar refractivity (Wildman–Crippen MR) is 90.3 cm³/mol. The topological polar surface area (TPSA) is 88.5 Å². The highest BCUT2D eigenvalue weighted by atomic mass is 32.1. The molecular weight excluding hydrogens is 328 g/mol. The highest BCUT2D eigenvalue weighted by Crippen LogP contribution is 2.33. The number of aryl methyl sites for hydroxylation is 1. The quantitative estimate of drug-likeness (QED) is 0.831. The van der Waals surface area contributed by atoms with E-state index in [1.54, 1.807) is 25.1 Å². The van der Waals surface area contributed by atoms with E-state index in [9.17, 15) is 14.7 Å². The molecule has 2 N–H and O–H groups in total. The second-order valence-corrected chi connectivity index (χ2v) is 6.64. The van der Waals surface area contributed by atoms with E-state index in [4.69, 9.17) is 4.74 Å². The van der Waals surface area contributed by atoms with Gasteiger partial charge in [0.1, 0.15) is 5.75 Å². The molecule has 1 amide bonds. The van der Waals surface area contributed by atoms with Gasteiger partial charge in [-0.15, -0.1) is 11.3 Å². The van der Waals surface area contributed by atoms with Gasteiger partial charge in [0.05, 0.1) is 23.8 Å². The number of benzene rings is 1. The maximum absolute atomic E-state index is 12.2. The van der Waals surface area contributed by atoms with Gasteiger partial charge in [0.2, 0.25) is 0 Å². The van der Waals surface area contributed by atoms with E-state index < -0.39 is 5.91 Å². The van der Waals surface area contributed by atoms with Crippen LogP contribution in [-0.2, 0) is 22.4 Å². The predicted octanol–water partition coefficient (Wildman–Crippen LogP) is 2.77. The summed E-state index contributed by atoms with van der Waals surface area (Å²) in [4.78, 5) is 29.6. The van der Waals surface area contributed by atoms with Gasteiger partial charge >= 0.3 is 5.97 Å². The molecule has 1 unspecified atom stereocenters. The number of hydrogen-bond acceptors (Lipinski definition) is 6. The number of fused-ring (bicyclic) bond motifs is 1. The van der Waals surface area contributed by atoms with Crippen molar-refractivity contribution in [2.45, 2.75) is 26.2 Å². The van der Waals surface area contributed by atoms with Crippen molar-refractivity contribution in [3.05, 3.63) is 40.4 Å². The Bertz CT molecular complexity index is 772. The first kappa shape index (κ1) is 16.4. The van der Waals surface area contributed by atoms with Crippen LogP contribution in [0.25, 0.3) is 0 Å². The Balaban J connectivity index is 1.71. The number of para-hydroxylation sites is 1. The van der Waals surface area contributed by atoms with E-state index in [0.29, 0.717) is 31.0 Å². The maximum atomic E-state index is 12.2. The van der Waals surface area contributed by atoms with E-state index in [2.05, 4.69) is 10.3 Å². The Morgan fingerprint density at radius 3 is 2.96 bits per heavy atom. The molecule has 7 heteroatoms. The zero-order chi connectivity index (χ0) is 17.1. The molecule has 0 saturated carbocycles. The fourth-order valence-electron chi connectivity index (χ4n) is 2.72. The summed E-state index contributed by atoms with van der Waals surface area (Å²) in [6.45, 7) is 2.18. The number of thiazole rings is 1. The van der Waals surface area contributed by atoms with Crippen molar-refractivity contribution in [3.8, 4) is 5.75 Å². The summed E-state index contributed by atoms with van der Waals surface area (Å²) in [7, 11) is 0. The Labute approximate surface area is 143 Å². The molecule has 1 aromatic heterocycles. The van der Waals surface area contributed by atoms with Crippen LogP contribution in [0.3, 0.4) is 0 Å². The van der Waals surface area contributed by atoms with Crippen LogP contribution in [0.15, 0.2) is 24.3 Å². The largest absolute Gasteiger partial charge is 0.507 e. The molecule has 0 spiro atoms. The first-order valence-electron chi connectivity index (χ1n) is 7.83. The number of rotatable bonds is 4. The van der Waals surface area contributed by atoms with Gasteiger partial charge in [-0.1, -0.05) is 12.1 Å². The molecule has 0 aliphatic heterocycles. The normalized spacial score (nSPS) is 16.3. The molecule has 1 atom stereocenters. The molecule has 0 bridgehead atoms. The molecule has 3 rings (SSSR count). The summed E-state index contributed by atoms with van der Waals surface area (Å²) in [5.74, 6) is -0.782. The SMILES string of the molecule is CCOC(=O)C1CCc2nc(NC(=O)c3ccccc3O)sc2C1. The summed E-state index contributed by atoms with van der Waals surface area (Å²) in [5.41, 5.74) is 1.13. The number of hydrogen-bond donors (Lipinski definition) is 2. The number of aromatic hydroxyl groups is 1. The number of esters is 1. The van der Waals surface area contributed by atoms with Crippen molar-refractivity contribution in [3.63, 3.8) is 0 Å². The Kier molecular flexibility index (Phi) is 4.80. The number of anilines is 1. The molecule has 0 saturated heterocycles. The number of amides is 1. The van der Waals surface area contributed by atoms with Gasteiger partial charge in [-0.05, 0) is 38.3 Å². The van der Waals surface area contributed by atoms with E-state index in [1.165, 1.54) is 17.4 Å². The lowest BCUT2D eigenvalue weighted by Gasteiger charge is -2.18. The third kappa shape index (κ3) is 3.41. The Morgan fingerprint density at radius 1 is 1.42 bits per heavy atom. The number of carbonyl (C=O) groups excluding carboxylic acids is 2. The number of nitrogens with one attached hydrogen (secondary N) is 1. The lowest BCUT2D eigenvalue weighted by Crippen LogP contribution is -2.24. The Hall–Kier alpha value is -2.41. The lowest BCUT2D eigenvalue weighted by atomic mass is 9.91. The van der Waals surface area contributed by atoms with Crippen LogP contribution in [0, 0.1) is 5.92 Å². The standard InChI is InChI=1S/C17H18N2O4S/c1-2-23-16(22)10-7-8-12-14(9-10)24-17(18-12)19-15(21)11-5-3-4-6-13(11)20/h3-6,10,20H,2,7-9H2,1H3,(H,18,19,21). The van der Waals surface area contributed by atoms with Gasteiger partial charge < -0.3 is 9.84 Å². The number of phenols is 1. The van der Waals surface area contributed by atoms with E-state index in [1.807, 2.05) is 0 Å². The van der Waals surface area contributed by atoms with E-state index >= 15 is 0 Å². The minimum absolute atomic E-state index is 0.0707. The smallest absolute Gasteiger partial charge is 0.309 e. The molecule has 1 aliphatic carbocycles. The average Bonchev–Trinajstić information content (AvgIpc) is 2.96.